The zero-order valence-electron chi connectivity index (χ0n) is 13.5. The number of halogens is 3. The summed E-state index contributed by atoms with van der Waals surface area (Å²) in [5.41, 5.74) is -2.60. The summed E-state index contributed by atoms with van der Waals surface area (Å²) >= 11 is 0. The van der Waals surface area contributed by atoms with Gasteiger partial charge in [0.25, 0.3) is 0 Å². The van der Waals surface area contributed by atoms with Crippen molar-refractivity contribution in [1.29, 1.82) is 0 Å². The Hall–Kier alpha value is -1.31. The Morgan fingerprint density at radius 2 is 1.55 bits per heavy atom. The van der Waals surface area contributed by atoms with Gasteiger partial charge >= 0.3 is 18.1 Å². The lowest BCUT2D eigenvalue weighted by Crippen LogP contribution is -2.48. The predicted octanol–water partition coefficient (Wildman–Crippen LogP) is 2.58. The lowest BCUT2D eigenvalue weighted by Gasteiger charge is -2.33. The molecule has 0 aliphatic carbocycles. The van der Waals surface area contributed by atoms with Crippen LogP contribution in [0, 0.1) is 17.3 Å². The summed E-state index contributed by atoms with van der Waals surface area (Å²) in [6.07, 6.45) is -4.76. The molecule has 0 fully saturated rings. The van der Waals surface area contributed by atoms with Crippen molar-refractivity contribution in [2.75, 3.05) is 26.9 Å². The van der Waals surface area contributed by atoms with Crippen molar-refractivity contribution in [3.8, 4) is 0 Å². The fraction of sp³-hybridized carbons (Fsp3) is 0.857. The highest BCUT2D eigenvalue weighted by Gasteiger charge is 2.59. The maximum absolute atomic E-state index is 13.1. The Balaban J connectivity index is 5.17. The van der Waals surface area contributed by atoms with E-state index in [0.717, 1.165) is 13.8 Å². The Bertz CT molecular complexity index is 379. The van der Waals surface area contributed by atoms with Crippen LogP contribution >= 0.6 is 0 Å². The standard InChI is InChI=1S/C14H23F3O5/c1-6-21-11(18)10(13(3,4)14(15,16)17)12(19)22-8-9(2)7-20-5/h9-10H,6-8H2,1-5H3/t9-,10?/m1/s1. The van der Waals surface area contributed by atoms with Gasteiger partial charge in [-0.15, -0.1) is 0 Å². The minimum atomic E-state index is -4.76. The zero-order chi connectivity index (χ0) is 17.6. The highest BCUT2D eigenvalue weighted by atomic mass is 19.4. The van der Waals surface area contributed by atoms with Gasteiger partial charge in [-0.1, -0.05) is 6.92 Å². The van der Waals surface area contributed by atoms with Crippen molar-refractivity contribution in [2.45, 2.75) is 33.9 Å². The number of esters is 2. The molecule has 1 unspecified atom stereocenters. The Labute approximate surface area is 128 Å². The molecule has 0 radical (unpaired) electrons. The van der Waals surface area contributed by atoms with Gasteiger partial charge in [-0.3, -0.25) is 9.59 Å². The molecule has 0 saturated heterocycles. The molecule has 0 bridgehead atoms. The van der Waals surface area contributed by atoms with E-state index >= 15 is 0 Å². The minimum Gasteiger partial charge on any atom is -0.465 e. The van der Waals surface area contributed by atoms with Gasteiger partial charge in [-0.25, -0.2) is 0 Å². The van der Waals surface area contributed by atoms with Crippen LogP contribution in [0.3, 0.4) is 0 Å². The molecule has 0 aliphatic rings. The first-order valence-electron chi connectivity index (χ1n) is 6.87. The van der Waals surface area contributed by atoms with Gasteiger partial charge in [0.2, 0.25) is 0 Å². The molecule has 0 saturated carbocycles. The highest BCUT2D eigenvalue weighted by Crippen LogP contribution is 2.44. The molecule has 0 aromatic rings. The molecule has 0 aromatic heterocycles. The number of rotatable bonds is 8. The van der Waals surface area contributed by atoms with E-state index in [1.807, 2.05) is 0 Å². The van der Waals surface area contributed by atoms with E-state index in [2.05, 4.69) is 4.74 Å². The van der Waals surface area contributed by atoms with Crippen LogP contribution in [0.2, 0.25) is 0 Å². The normalized spacial score (nSPS) is 15.1. The first kappa shape index (κ1) is 20.7. The third-order valence-corrected chi connectivity index (χ3v) is 3.17. The molecule has 130 valence electrons. The van der Waals surface area contributed by atoms with E-state index in [0.29, 0.717) is 0 Å². The third kappa shape index (κ3) is 5.47. The summed E-state index contributed by atoms with van der Waals surface area (Å²) in [5.74, 6) is -4.76. The van der Waals surface area contributed by atoms with E-state index in [1.54, 1.807) is 6.92 Å². The molecule has 0 amide bonds. The SMILES string of the molecule is CCOC(=O)C(C(=O)OC[C@H](C)COC)C(C)(C)C(F)(F)F. The summed E-state index contributed by atoms with van der Waals surface area (Å²) in [6.45, 7) is 4.70. The predicted molar refractivity (Wildman–Crippen MR) is 72.0 cm³/mol. The maximum Gasteiger partial charge on any atom is 0.395 e. The van der Waals surface area contributed by atoms with Gasteiger partial charge in [-0.2, -0.15) is 13.2 Å². The molecule has 2 atom stereocenters. The van der Waals surface area contributed by atoms with Gasteiger partial charge < -0.3 is 14.2 Å². The minimum absolute atomic E-state index is 0.128. The van der Waals surface area contributed by atoms with E-state index in [9.17, 15) is 22.8 Å². The van der Waals surface area contributed by atoms with E-state index in [1.165, 1.54) is 14.0 Å². The molecule has 0 spiro atoms. The van der Waals surface area contributed by atoms with Crippen LogP contribution in [0.5, 0.6) is 0 Å². The van der Waals surface area contributed by atoms with Crippen molar-refractivity contribution >= 4 is 11.9 Å². The van der Waals surface area contributed by atoms with Crippen LogP contribution in [0.15, 0.2) is 0 Å². The second-order valence-corrected chi connectivity index (χ2v) is 5.60. The van der Waals surface area contributed by atoms with Crippen molar-refractivity contribution in [1.82, 2.24) is 0 Å². The molecule has 0 heterocycles. The maximum atomic E-state index is 13.1. The van der Waals surface area contributed by atoms with Crippen molar-refractivity contribution in [2.24, 2.45) is 17.3 Å². The summed E-state index contributed by atoms with van der Waals surface area (Å²) < 4.78 is 53.7. The fourth-order valence-corrected chi connectivity index (χ4v) is 1.72. The molecular formula is C14H23F3O5. The van der Waals surface area contributed by atoms with Crippen molar-refractivity contribution in [3.63, 3.8) is 0 Å². The number of hydrogen-bond acceptors (Lipinski definition) is 5. The van der Waals surface area contributed by atoms with Gasteiger partial charge in [0.15, 0.2) is 5.92 Å². The Kier molecular flexibility index (Phi) is 7.86. The Morgan fingerprint density at radius 1 is 1.05 bits per heavy atom. The van der Waals surface area contributed by atoms with E-state index in [4.69, 9.17) is 9.47 Å². The monoisotopic (exact) mass is 328 g/mol. The lowest BCUT2D eigenvalue weighted by atomic mass is 9.78. The molecular weight excluding hydrogens is 305 g/mol. The van der Waals surface area contributed by atoms with Gasteiger partial charge in [-0.05, 0) is 20.8 Å². The zero-order valence-corrected chi connectivity index (χ0v) is 13.5. The fourth-order valence-electron chi connectivity index (χ4n) is 1.72. The van der Waals surface area contributed by atoms with Gasteiger partial charge in [0, 0.05) is 13.0 Å². The molecule has 0 N–H and O–H groups in total. The quantitative estimate of drug-likeness (QED) is 0.506. The number of alkyl halides is 3. The topological polar surface area (TPSA) is 61.8 Å². The van der Waals surface area contributed by atoms with Crippen LogP contribution in [0.25, 0.3) is 0 Å². The number of methoxy groups -OCH3 is 1. The van der Waals surface area contributed by atoms with Crippen LogP contribution < -0.4 is 0 Å². The number of carbonyl (C=O) groups is 2. The van der Waals surface area contributed by atoms with Crippen molar-refractivity contribution < 1.29 is 37.0 Å². The van der Waals surface area contributed by atoms with Crippen LogP contribution in [-0.4, -0.2) is 45.0 Å². The molecule has 0 aromatic carbocycles. The second-order valence-electron chi connectivity index (χ2n) is 5.60. The summed E-state index contributed by atoms with van der Waals surface area (Å²) in [4.78, 5) is 23.8. The summed E-state index contributed by atoms with van der Waals surface area (Å²) in [7, 11) is 1.45. The third-order valence-electron chi connectivity index (χ3n) is 3.17. The number of ether oxygens (including phenoxy) is 3. The lowest BCUT2D eigenvalue weighted by molar-refractivity contribution is -0.237. The first-order valence-corrected chi connectivity index (χ1v) is 6.87. The van der Waals surface area contributed by atoms with Crippen LogP contribution in [0.4, 0.5) is 13.2 Å². The van der Waals surface area contributed by atoms with Gasteiger partial charge in [0.05, 0.1) is 25.2 Å². The largest absolute Gasteiger partial charge is 0.465 e. The average molecular weight is 328 g/mol. The van der Waals surface area contributed by atoms with Crippen LogP contribution in [-0.2, 0) is 23.8 Å². The molecule has 0 rings (SSSR count). The summed E-state index contributed by atoms with van der Waals surface area (Å²) in [5, 5.41) is 0. The molecule has 8 heteroatoms. The first-order chi connectivity index (χ1) is 9.98. The van der Waals surface area contributed by atoms with E-state index in [-0.39, 0.29) is 25.7 Å². The molecule has 0 aliphatic heterocycles. The molecule has 5 nitrogen and oxygen atoms in total. The number of carbonyl (C=O) groups excluding carboxylic acids is 2. The van der Waals surface area contributed by atoms with Gasteiger partial charge in [0.1, 0.15) is 0 Å². The summed E-state index contributed by atoms with van der Waals surface area (Å²) in [6, 6.07) is 0. The van der Waals surface area contributed by atoms with Crippen molar-refractivity contribution in [3.05, 3.63) is 0 Å². The molecule has 22 heavy (non-hydrogen) atoms. The average Bonchev–Trinajstić information content (AvgIpc) is 2.35. The Morgan fingerprint density at radius 3 is 1.95 bits per heavy atom. The highest BCUT2D eigenvalue weighted by molar-refractivity contribution is 5.96. The number of hydrogen-bond donors (Lipinski definition) is 0. The van der Waals surface area contributed by atoms with E-state index < -0.39 is 29.4 Å². The van der Waals surface area contributed by atoms with Crippen LogP contribution in [0.1, 0.15) is 27.7 Å². The second kappa shape index (κ2) is 8.36. The smallest absolute Gasteiger partial charge is 0.395 e.